The van der Waals surface area contributed by atoms with Gasteiger partial charge in [-0.05, 0) is 32.1 Å². The van der Waals surface area contributed by atoms with Gasteiger partial charge in [-0.2, -0.15) is 0 Å². The van der Waals surface area contributed by atoms with Crippen LogP contribution in [-0.4, -0.2) is 57.7 Å². The monoisotopic (exact) mass is 387 g/mol. The smallest absolute Gasteiger partial charge is 0.225 e. The van der Waals surface area contributed by atoms with Crippen LogP contribution in [0.1, 0.15) is 63.0 Å². The molecule has 1 saturated carbocycles. The topological polar surface area (TPSA) is 87.4 Å². The van der Waals surface area contributed by atoms with Crippen LogP contribution in [0.25, 0.3) is 0 Å². The Morgan fingerprint density at radius 2 is 1.96 bits per heavy atom. The summed E-state index contributed by atoms with van der Waals surface area (Å²) in [4.78, 5) is 19.2. The molecule has 3 heterocycles. The molecule has 2 aliphatic heterocycles. The largest absolute Gasteiger partial charge is 0.352 e. The summed E-state index contributed by atoms with van der Waals surface area (Å²) in [6.07, 6.45) is 10.2. The van der Waals surface area contributed by atoms with Gasteiger partial charge in [0.25, 0.3) is 0 Å². The summed E-state index contributed by atoms with van der Waals surface area (Å²) < 4.78 is 2.23. The van der Waals surface area contributed by atoms with Gasteiger partial charge < -0.3 is 20.1 Å². The van der Waals surface area contributed by atoms with E-state index in [1.54, 1.807) is 7.05 Å². The van der Waals surface area contributed by atoms with Gasteiger partial charge in [-0.15, -0.1) is 10.2 Å². The third-order valence-electron chi connectivity index (χ3n) is 6.37. The van der Waals surface area contributed by atoms with Crippen molar-refractivity contribution in [2.75, 3.05) is 20.1 Å². The molecular weight excluding hydrogens is 354 g/mol. The predicted molar refractivity (Wildman–Crippen MR) is 108 cm³/mol. The molecule has 2 N–H and O–H groups in total. The zero-order valence-corrected chi connectivity index (χ0v) is 17.0. The molecule has 3 aliphatic rings. The lowest BCUT2D eigenvalue weighted by molar-refractivity contribution is -0.135. The highest BCUT2D eigenvalue weighted by Gasteiger charge is 2.31. The molecule has 28 heavy (non-hydrogen) atoms. The summed E-state index contributed by atoms with van der Waals surface area (Å²) in [7, 11) is 1.79. The van der Waals surface area contributed by atoms with Gasteiger partial charge >= 0.3 is 0 Å². The van der Waals surface area contributed by atoms with Crippen LogP contribution in [0.5, 0.6) is 0 Å². The van der Waals surface area contributed by atoms with Crippen LogP contribution in [0.2, 0.25) is 0 Å². The molecule has 1 amide bonds. The van der Waals surface area contributed by atoms with Crippen molar-refractivity contribution in [2.45, 2.75) is 76.9 Å². The number of carbonyl (C=O) groups excluding carboxylic acids is 1. The molecule has 0 bridgehead atoms. The number of aromatic nitrogens is 3. The van der Waals surface area contributed by atoms with Crippen LogP contribution in [0.15, 0.2) is 4.99 Å². The zero-order valence-electron chi connectivity index (χ0n) is 17.0. The number of nitrogens with one attached hydrogen (secondary N) is 2. The maximum absolute atomic E-state index is 12.8. The Kier molecular flexibility index (Phi) is 6.12. The van der Waals surface area contributed by atoms with Gasteiger partial charge in [0.05, 0.1) is 6.54 Å². The Bertz CT molecular complexity index is 707. The molecule has 0 spiro atoms. The van der Waals surface area contributed by atoms with E-state index in [9.17, 15) is 4.79 Å². The number of likely N-dealkylation sites (tertiary alicyclic amines) is 1. The van der Waals surface area contributed by atoms with Crippen molar-refractivity contribution in [1.29, 1.82) is 0 Å². The van der Waals surface area contributed by atoms with Crippen LogP contribution in [0.3, 0.4) is 0 Å². The number of rotatable bonds is 4. The summed E-state index contributed by atoms with van der Waals surface area (Å²) in [5, 5.41) is 15.5. The molecule has 1 aliphatic carbocycles. The lowest BCUT2D eigenvalue weighted by Gasteiger charge is -2.26. The molecule has 1 atom stereocenters. The average Bonchev–Trinajstić information content (AvgIpc) is 3.38. The molecule has 0 radical (unpaired) electrons. The highest BCUT2D eigenvalue weighted by atomic mass is 16.2. The highest BCUT2D eigenvalue weighted by Crippen LogP contribution is 2.26. The number of aliphatic imine (C=N–C) groups is 1. The average molecular weight is 388 g/mol. The van der Waals surface area contributed by atoms with Crippen molar-refractivity contribution >= 4 is 11.9 Å². The summed E-state index contributed by atoms with van der Waals surface area (Å²) in [5.74, 6) is 3.45. The van der Waals surface area contributed by atoms with Crippen LogP contribution in [0, 0.1) is 5.92 Å². The number of amides is 1. The van der Waals surface area contributed by atoms with Crippen LogP contribution >= 0.6 is 0 Å². The summed E-state index contributed by atoms with van der Waals surface area (Å²) in [5.41, 5.74) is 0. The molecule has 1 aromatic heterocycles. The SMILES string of the molecule is CN=C(NCc1nnc2n1CCCC2)NC1CCN(C(=O)C2CCCCC2)C1. The molecule has 1 aromatic rings. The molecule has 154 valence electrons. The summed E-state index contributed by atoms with van der Waals surface area (Å²) in [6, 6.07) is 0.256. The second-order valence-electron chi connectivity index (χ2n) is 8.32. The van der Waals surface area contributed by atoms with Crippen LogP contribution in [0.4, 0.5) is 0 Å². The summed E-state index contributed by atoms with van der Waals surface area (Å²) >= 11 is 0. The van der Waals surface area contributed by atoms with Gasteiger partial charge in [-0.1, -0.05) is 19.3 Å². The molecule has 0 aromatic carbocycles. The Labute approximate surface area is 167 Å². The fourth-order valence-corrected chi connectivity index (χ4v) is 4.74. The predicted octanol–water partition coefficient (Wildman–Crippen LogP) is 1.46. The van der Waals surface area contributed by atoms with E-state index in [1.165, 1.54) is 32.1 Å². The number of nitrogens with zero attached hydrogens (tertiary/aromatic N) is 5. The van der Waals surface area contributed by atoms with E-state index in [1.807, 2.05) is 0 Å². The maximum atomic E-state index is 12.8. The van der Waals surface area contributed by atoms with Gasteiger partial charge in [-0.3, -0.25) is 9.79 Å². The molecular formula is C20H33N7O. The Balaban J connectivity index is 1.26. The Morgan fingerprint density at radius 1 is 1.11 bits per heavy atom. The van der Waals surface area contributed by atoms with E-state index in [-0.39, 0.29) is 12.0 Å². The van der Waals surface area contributed by atoms with Crippen molar-refractivity contribution in [3.63, 3.8) is 0 Å². The van der Waals surface area contributed by atoms with Crippen LogP contribution < -0.4 is 10.6 Å². The lowest BCUT2D eigenvalue weighted by atomic mass is 9.88. The molecule has 1 unspecified atom stereocenters. The normalized spacial score (nSPS) is 23.5. The molecule has 8 heteroatoms. The van der Waals surface area contributed by atoms with E-state index in [0.717, 1.165) is 62.9 Å². The number of guanidine groups is 1. The molecule has 1 saturated heterocycles. The van der Waals surface area contributed by atoms with Gasteiger partial charge in [0, 0.05) is 45.1 Å². The van der Waals surface area contributed by atoms with Crippen molar-refractivity contribution < 1.29 is 4.79 Å². The first-order valence-electron chi connectivity index (χ1n) is 10.9. The van der Waals surface area contributed by atoms with Gasteiger partial charge in [-0.25, -0.2) is 0 Å². The van der Waals surface area contributed by atoms with Crippen molar-refractivity contribution in [1.82, 2.24) is 30.3 Å². The number of fused-ring (bicyclic) bond motifs is 1. The first kappa shape index (κ1) is 19.2. The first-order valence-corrected chi connectivity index (χ1v) is 10.9. The molecule has 8 nitrogen and oxygen atoms in total. The maximum Gasteiger partial charge on any atom is 0.225 e. The van der Waals surface area contributed by atoms with Crippen molar-refractivity contribution in [3.8, 4) is 0 Å². The second-order valence-corrected chi connectivity index (χ2v) is 8.32. The minimum atomic E-state index is 0.254. The fourth-order valence-electron chi connectivity index (χ4n) is 4.74. The molecule has 2 fully saturated rings. The Morgan fingerprint density at radius 3 is 2.79 bits per heavy atom. The van der Waals surface area contributed by atoms with Gasteiger partial charge in [0.15, 0.2) is 11.8 Å². The fraction of sp³-hybridized carbons (Fsp3) is 0.800. The van der Waals surface area contributed by atoms with Crippen molar-refractivity contribution in [3.05, 3.63) is 11.6 Å². The third-order valence-corrected chi connectivity index (χ3v) is 6.37. The zero-order chi connectivity index (χ0) is 19.3. The van der Waals surface area contributed by atoms with Gasteiger partial charge in [0.2, 0.25) is 5.91 Å². The number of aryl methyl sites for hydroxylation is 1. The van der Waals surface area contributed by atoms with E-state index in [4.69, 9.17) is 0 Å². The highest BCUT2D eigenvalue weighted by molar-refractivity contribution is 5.81. The second kappa shape index (κ2) is 8.92. The van der Waals surface area contributed by atoms with Crippen LogP contribution in [-0.2, 0) is 24.3 Å². The van der Waals surface area contributed by atoms with E-state index in [2.05, 4.69) is 35.3 Å². The van der Waals surface area contributed by atoms with E-state index >= 15 is 0 Å². The third kappa shape index (κ3) is 4.31. The minimum absolute atomic E-state index is 0.254. The first-order chi connectivity index (χ1) is 13.7. The number of hydrogen-bond acceptors (Lipinski definition) is 4. The summed E-state index contributed by atoms with van der Waals surface area (Å²) in [6.45, 7) is 3.24. The minimum Gasteiger partial charge on any atom is -0.352 e. The number of hydrogen-bond donors (Lipinski definition) is 2. The van der Waals surface area contributed by atoms with Crippen molar-refractivity contribution in [2.24, 2.45) is 10.9 Å². The van der Waals surface area contributed by atoms with E-state index in [0.29, 0.717) is 12.5 Å². The quantitative estimate of drug-likeness (QED) is 0.603. The standard InChI is InChI=1S/C20H33N7O/c1-21-20(22-13-18-25-24-17-9-5-6-11-27(17)18)23-16-10-12-26(14-16)19(28)15-7-3-2-4-8-15/h15-16H,2-14H2,1H3,(H2,21,22,23). The molecule has 4 rings (SSSR count). The van der Waals surface area contributed by atoms with Gasteiger partial charge in [0.1, 0.15) is 5.82 Å². The lowest BCUT2D eigenvalue weighted by Crippen LogP contribution is -2.45. The number of carbonyl (C=O) groups is 1. The Hall–Kier alpha value is -2.12. The van der Waals surface area contributed by atoms with E-state index < -0.39 is 0 Å².